The molecule has 2 aliphatic heterocycles. The molecule has 3 heterocycles. The van der Waals surface area contributed by atoms with Crippen LogP contribution in [-0.2, 0) is 11.2 Å². The van der Waals surface area contributed by atoms with Gasteiger partial charge in [0.1, 0.15) is 0 Å². The molecule has 0 bridgehead atoms. The van der Waals surface area contributed by atoms with Crippen molar-refractivity contribution in [2.24, 2.45) is 4.99 Å². The van der Waals surface area contributed by atoms with E-state index < -0.39 is 0 Å². The van der Waals surface area contributed by atoms with E-state index >= 15 is 0 Å². The molecule has 2 fully saturated rings. The van der Waals surface area contributed by atoms with E-state index in [4.69, 9.17) is 4.99 Å². The maximum absolute atomic E-state index is 12.7. The highest BCUT2D eigenvalue weighted by Crippen LogP contribution is 2.14. The molecular weight excluding hydrogens is 491 g/mol. The lowest BCUT2D eigenvalue weighted by atomic mass is 10.1. The van der Waals surface area contributed by atoms with Crippen molar-refractivity contribution in [1.29, 1.82) is 0 Å². The van der Waals surface area contributed by atoms with Crippen LogP contribution in [0.2, 0.25) is 0 Å². The topological polar surface area (TPSA) is 64.1 Å². The number of hydrogen-bond acceptors (Lipinski definition) is 4. The minimum Gasteiger partial charge on any atom is -0.357 e. The lowest BCUT2D eigenvalue weighted by molar-refractivity contribution is -0.135. The predicted octanol–water partition coefficient (Wildman–Crippen LogP) is 2.14. The van der Waals surface area contributed by atoms with Crippen molar-refractivity contribution in [2.75, 3.05) is 52.4 Å². The van der Waals surface area contributed by atoms with Gasteiger partial charge < -0.3 is 15.1 Å². The zero-order valence-electron chi connectivity index (χ0n) is 18.6. The molecule has 0 aliphatic carbocycles. The fraction of sp³-hybridized carbons (Fsp3) is 0.682. The van der Waals surface area contributed by atoms with Crippen LogP contribution >= 0.6 is 24.0 Å². The van der Waals surface area contributed by atoms with Crippen molar-refractivity contribution in [3.05, 3.63) is 29.6 Å². The molecule has 1 atom stereocenters. The fourth-order valence-corrected chi connectivity index (χ4v) is 4.17. The first-order valence-electron chi connectivity index (χ1n) is 11.1. The number of likely N-dealkylation sites (tertiary alicyclic amines) is 1. The fourth-order valence-electron chi connectivity index (χ4n) is 4.17. The lowest BCUT2D eigenvalue weighted by Crippen LogP contribution is -2.57. The molecule has 1 unspecified atom stereocenters. The molecule has 1 aromatic heterocycles. The molecular formula is C22H37IN6O. The monoisotopic (exact) mass is 528 g/mol. The van der Waals surface area contributed by atoms with Gasteiger partial charge in [0.15, 0.2) is 5.96 Å². The highest BCUT2D eigenvalue weighted by molar-refractivity contribution is 14.0. The highest BCUT2D eigenvalue weighted by atomic mass is 127. The third-order valence-electron chi connectivity index (χ3n) is 6.05. The molecule has 2 saturated heterocycles. The van der Waals surface area contributed by atoms with Gasteiger partial charge in [0.05, 0.1) is 6.04 Å². The average Bonchev–Trinajstić information content (AvgIpc) is 3.28. The van der Waals surface area contributed by atoms with E-state index in [0.717, 1.165) is 77.6 Å². The van der Waals surface area contributed by atoms with E-state index in [1.165, 1.54) is 11.1 Å². The summed E-state index contributed by atoms with van der Waals surface area (Å²) < 4.78 is 0. The summed E-state index contributed by atoms with van der Waals surface area (Å²) in [4.78, 5) is 28.4. The van der Waals surface area contributed by atoms with E-state index in [0.29, 0.717) is 5.91 Å². The molecule has 1 N–H and O–H groups in total. The minimum absolute atomic E-state index is 0. The van der Waals surface area contributed by atoms with Crippen molar-refractivity contribution >= 4 is 35.8 Å². The maximum atomic E-state index is 12.7. The van der Waals surface area contributed by atoms with Crippen molar-refractivity contribution in [2.45, 2.75) is 46.1 Å². The van der Waals surface area contributed by atoms with Crippen LogP contribution in [0.1, 0.15) is 37.8 Å². The molecule has 3 rings (SSSR count). The van der Waals surface area contributed by atoms with Gasteiger partial charge in [-0.15, -0.1) is 24.0 Å². The van der Waals surface area contributed by atoms with E-state index in [9.17, 15) is 4.79 Å². The van der Waals surface area contributed by atoms with Crippen LogP contribution < -0.4 is 5.32 Å². The number of halogens is 1. The van der Waals surface area contributed by atoms with Crippen LogP contribution in [0, 0.1) is 6.92 Å². The second-order valence-electron chi connectivity index (χ2n) is 8.02. The average molecular weight is 528 g/mol. The normalized spacial score (nSPS) is 18.8. The second-order valence-corrected chi connectivity index (χ2v) is 8.02. The molecule has 7 nitrogen and oxygen atoms in total. The van der Waals surface area contributed by atoms with Crippen molar-refractivity contribution in [1.82, 2.24) is 25.0 Å². The minimum atomic E-state index is -0.0237. The number of amides is 1. The number of aliphatic imine (C=N–C) groups is 1. The summed E-state index contributed by atoms with van der Waals surface area (Å²) in [5.41, 5.74) is 2.52. The Bertz CT molecular complexity index is 699. The summed E-state index contributed by atoms with van der Waals surface area (Å²) in [7, 11) is 0. The Balaban J connectivity index is 0.00000320. The molecule has 0 aromatic carbocycles. The predicted molar refractivity (Wildman–Crippen MR) is 132 cm³/mol. The number of aryl methyl sites for hydroxylation is 1. The zero-order chi connectivity index (χ0) is 20.6. The Morgan fingerprint density at radius 2 is 1.87 bits per heavy atom. The van der Waals surface area contributed by atoms with E-state index in [1.807, 2.05) is 17.3 Å². The van der Waals surface area contributed by atoms with Gasteiger partial charge in [-0.3, -0.25) is 19.7 Å². The number of hydrogen-bond donors (Lipinski definition) is 1. The van der Waals surface area contributed by atoms with Crippen molar-refractivity contribution < 1.29 is 4.79 Å². The highest BCUT2D eigenvalue weighted by Gasteiger charge is 2.30. The van der Waals surface area contributed by atoms with E-state index in [2.05, 4.69) is 46.9 Å². The Morgan fingerprint density at radius 1 is 1.17 bits per heavy atom. The number of guanidine groups is 1. The van der Waals surface area contributed by atoms with Crippen LogP contribution in [0.5, 0.6) is 0 Å². The molecule has 0 saturated carbocycles. The summed E-state index contributed by atoms with van der Waals surface area (Å²) >= 11 is 0. The Hall–Kier alpha value is -1.42. The van der Waals surface area contributed by atoms with Gasteiger partial charge in [0, 0.05) is 64.8 Å². The number of carbonyl (C=O) groups excluding carboxylic acids is 1. The van der Waals surface area contributed by atoms with Gasteiger partial charge >= 0.3 is 0 Å². The SMILES string of the molecule is CCNC(=NCCc1ccncc1C)N1CCN(C(C)C(=O)N2CCCC2)CC1.I. The molecule has 0 spiro atoms. The molecule has 30 heavy (non-hydrogen) atoms. The summed E-state index contributed by atoms with van der Waals surface area (Å²) in [6.45, 7) is 13.3. The van der Waals surface area contributed by atoms with Gasteiger partial charge in [-0.2, -0.15) is 0 Å². The van der Waals surface area contributed by atoms with E-state index in [-0.39, 0.29) is 30.0 Å². The molecule has 8 heteroatoms. The van der Waals surface area contributed by atoms with E-state index in [1.54, 1.807) is 0 Å². The molecule has 2 aliphatic rings. The third-order valence-corrected chi connectivity index (χ3v) is 6.05. The number of carbonyl (C=O) groups is 1. The molecule has 0 radical (unpaired) electrons. The first-order chi connectivity index (χ1) is 14.1. The number of nitrogens with zero attached hydrogens (tertiary/aromatic N) is 5. The van der Waals surface area contributed by atoms with Crippen LogP contribution in [0.4, 0.5) is 0 Å². The smallest absolute Gasteiger partial charge is 0.239 e. The van der Waals surface area contributed by atoms with Gasteiger partial charge in [-0.05, 0) is 57.2 Å². The third kappa shape index (κ3) is 6.54. The van der Waals surface area contributed by atoms with Gasteiger partial charge in [-0.1, -0.05) is 0 Å². The summed E-state index contributed by atoms with van der Waals surface area (Å²) in [6.07, 6.45) is 6.97. The van der Waals surface area contributed by atoms with Crippen LogP contribution in [0.15, 0.2) is 23.5 Å². The lowest BCUT2D eigenvalue weighted by Gasteiger charge is -2.39. The van der Waals surface area contributed by atoms with Gasteiger partial charge in [-0.25, -0.2) is 0 Å². The van der Waals surface area contributed by atoms with Crippen LogP contribution in [-0.4, -0.2) is 90.0 Å². The van der Waals surface area contributed by atoms with Crippen LogP contribution in [0.3, 0.4) is 0 Å². The standard InChI is InChI=1S/C22H36N6O.HI/c1-4-24-22(25-10-8-20-7-9-23-17-18(20)2)28-15-13-26(14-16-28)19(3)21(29)27-11-5-6-12-27;/h7,9,17,19H,4-6,8,10-16H2,1-3H3,(H,24,25);1H. The number of pyridine rings is 1. The first kappa shape index (κ1) is 24.8. The number of piperazine rings is 1. The Kier molecular flexibility index (Phi) is 10.3. The van der Waals surface area contributed by atoms with Gasteiger partial charge in [0.25, 0.3) is 0 Å². The zero-order valence-corrected chi connectivity index (χ0v) is 21.0. The molecule has 1 amide bonds. The number of aromatic nitrogens is 1. The summed E-state index contributed by atoms with van der Waals surface area (Å²) in [6, 6.07) is 2.06. The van der Waals surface area contributed by atoms with Gasteiger partial charge in [0.2, 0.25) is 5.91 Å². The van der Waals surface area contributed by atoms with Crippen molar-refractivity contribution in [3.8, 4) is 0 Å². The maximum Gasteiger partial charge on any atom is 0.239 e. The molecule has 1 aromatic rings. The largest absolute Gasteiger partial charge is 0.357 e. The quantitative estimate of drug-likeness (QED) is 0.349. The van der Waals surface area contributed by atoms with Crippen LogP contribution in [0.25, 0.3) is 0 Å². The second kappa shape index (κ2) is 12.4. The summed E-state index contributed by atoms with van der Waals surface area (Å²) in [5, 5.41) is 3.43. The van der Waals surface area contributed by atoms with Crippen molar-refractivity contribution in [3.63, 3.8) is 0 Å². The first-order valence-corrected chi connectivity index (χ1v) is 11.1. The molecule has 168 valence electrons. The number of rotatable bonds is 6. The Morgan fingerprint density at radius 3 is 2.50 bits per heavy atom. The Labute approximate surface area is 198 Å². The number of nitrogens with one attached hydrogen (secondary N) is 1. The summed E-state index contributed by atoms with van der Waals surface area (Å²) in [5.74, 6) is 1.28.